The molecule has 0 saturated heterocycles. The fourth-order valence-electron chi connectivity index (χ4n) is 3.24. The molecule has 20 heavy (non-hydrogen) atoms. The molecule has 3 nitrogen and oxygen atoms in total. The molecule has 1 aliphatic carbocycles. The lowest BCUT2D eigenvalue weighted by atomic mass is 9.94. The summed E-state index contributed by atoms with van der Waals surface area (Å²) in [6.45, 7) is 1.43. The number of benzene rings is 1. The second-order valence-corrected chi connectivity index (χ2v) is 6.31. The minimum absolute atomic E-state index is 0.275. The average molecular weight is 276 g/mol. The van der Waals surface area contributed by atoms with Gasteiger partial charge in [0.25, 0.3) is 0 Å². The normalized spacial score (nSPS) is 24.2. The molecule has 0 aromatic heterocycles. The molecule has 1 saturated carbocycles. The van der Waals surface area contributed by atoms with Gasteiger partial charge in [-0.1, -0.05) is 36.8 Å². The van der Waals surface area contributed by atoms with Crippen molar-refractivity contribution in [1.29, 1.82) is 0 Å². The van der Waals surface area contributed by atoms with Gasteiger partial charge in [-0.3, -0.25) is 0 Å². The second-order valence-electron chi connectivity index (χ2n) is 6.31. The lowest BCUT2D eigenvalue weighted by Crippen LogP contribution is -2.41. The Balaban J connectivity index is 1.79. The minimum Gasteiger partial charge on any atom is -0.390 e. The summed E-state index contributed by atoms with van der Waals surface area (Å²) < 4.78 is 0. The summed E-state index contributed by atoms with van der Waals surface area (Å²) in [7, 11) is 3.99. The standard InChI is InChI=1S/C17H28N2O/c1-19(2)13-16(20)12-18-17-10-6-9-15(17)11-14-7-4-3-5-8-14/h3-5,7-8,15-18,20H,6,9-13H2,1-2H3/t15-,16-,17-/m1/s1. The number of aliphatic hydroxyl groups is 1. The van der Waals surface area contributed by atoms with E-state index in [0.29, 0.717) is 18.5 Å². The van der Waals surface area contributed by atoms with E-state index in [4.69, 9.17) is 0 Å². The Bertz CT molecular complexity index is 380. The predicted molar refractivity (Wildman–Crippen MR) is 83.8 cm³/mol. The van der Waals surface area contributed by atoms with E-state index in [9.17, 15) is 5.11 Å². The van der Waals surface area contributed by atoms with Crippen LogP contribution in [0, 0.1) is 5.92 Å². The molecular formula is C17H28N2O. The van der Waals surface area contributed by atoms with E-state index < -0.39 is 0 Å². The number of rotatable bonds is 7. The number of hydrogen-bond donors (Lipinski definition) is 2. The van der Waals surface area contributed by atoms with Gasteiger partial charge in [-0.25, -0.2) is 0 Å². The van der Waals surface area contributed by atoms with Crippen LogP contribution in [0.2, 0.25) is 0 Å². The van der Waals surface area contributed by atoms with Gasteiger partial charge in [0.1, 0.15) is 0 Å². The Kier molecular flexibility index (Phi) is 6.02. The van der Waals surface area contributed by atoms with Crippen LogP contribution in [0.25, 0.3) is 0 Å². The third-order valence-corrected chi connectivity index (χ3v) is 4.19. The molecule has 1 aliphatic rings. The van der Waals surface area contributed by atoms with E-state index in [0.717, 1.165) is 13.0 Å². The van der Waals surface area contributed by atoms with E-state index in [1.165, 1.54) is 24.8 Å². The number of aliphatic hydroxyl groups excluding tert-OH is 1. The Morgan fingerprint density at radius 3 is 2.70 bits per heavy atom. The van der Waals surface area contributed by atoms with Crippen LogP contribution in [-0.2, 0) is 6.42 Å². The summed E-state index contributed by atoms with van der Waals surface area (Å²) >= 11 is 0. The molecule has 2 rings (SSSR count). The van der Waals surface area contributed by atoms with Crippen LogP contribution < -0.4 is 5.32 Å². The van der Waals surface area contributed by atoms with Crippen molar-refractivity contribution in [2.75, 3.05) is 27.2 Å². The Labute approximate surface area is 123 Å². The van der Waals surface area contributed by atoms with Crippen LogP contribution in [0.5, 0.6) is 0 Å². The summed E-state index contributed by atoms with van der Waals surface area (Å²) in [4.78, 5) is 2.03. The van der Waals surface area contributed by atoms with Gasteiger partial charge in [-0.15, -0.1) is 0 Å². The number of nitrogens with one attached hydrogen (secondary N) is 1. The third-order valence-electron chi connectivity index (χ3n) is 4.19. The average Bonchev–Trinajstić information content (AvgIpc) is 2.84. The molecule has 0 amide bonds. The first-order valence-electron chi connectivity index (χ1n) is 7.75. The first-order chi connectivity index (χ1) is 9.65. The zero-order valence-corrected chi connectivity index (χ0v) is 12.8. The molecule has 0 aliphatic heterocycles. The Morgan fingerprint density at radius 2 is 2.00 bits per heavy atom. The summed E-state index contributed by atoms with van der Waals surface area (Å²) in [6, 6.07) is 11.3. The van der Waals surface area contributed by atoms with Gasteiger partial charge >= 0.3 is 0 Å². The van der Waals surface area contributed by atoms with Gasteiger partial charge in [0.05, 0.1) is 6.10 Å². The van der Waals surface area contributed by atoms with Gasteiger partial charge in [0.15, 0.2) is 0 Å². The lowest BCUT2D eigenvalue weighted by Gasteiger charge is -2.24. The molecule has 0 bridgehead atoms. The summed E-state index contributed by atoms with van der Waals surface area (Å²) in [5, 5.41) is 13.5. The molecule has 0 unspecified atom stereocenters. The topological polar surface area (TPSA) is 35.5 Å². The molecular weight excluding hydrogens is 248 g/mol. The van der Waals surface area contributed by atoms with Crippen LogP contribution >= 0.6 is 0 Å². The van der Waals surface area contributed by atoms with Crippen molar-refractivity contribution in [3.05, 3.63) is 35.9 Å². The predicted octanol–water partition coefficient (Wildman–Crippen LogP) is 1.91. The zero-order valence-electron chi connectivity index (χ0n) is 12.8. The highest BCUT2D eigenvalue weighted by molar-refractivity contribution is 5.16. The smallest absolute Gasteiger partial charge is 0.0791 e. The molecule has 2 N–H and O–H groups in total. The molecule has 1 aromatic carbocycles. The van der Waals surface area contributed by atoms with Crippen molar-refractivity contribution < 1.29 is 5.11 Å². The van der Waals surface area contributed by atoms with Crippen LogP contribution in [0.3, 0.4) is 0 Å². The maximum absolute atomic E-state index is 9.95. The SMILES string of the molecule is CN(C)C[C@H](O)CN[C@@H]1CCC[C@@H]1Cc1ccccc1. The summed E-state index contributed by atoms with van der Waals surface area (Å²) in [5.74, 6) is 0.712. The maximum atomic E-state index is 9.95. The van der Waals surface area contributed by atoms with Gasteiger partial charge in [-0.2, -0.15) is 0 Å². The van der Waals surface area contributed by atoms with Gasteiger partial charge < -0.3 is 15.3 Å². The zero-order chi connectivity index (χ0) is 14.4. The largest absolute Gasteiger partial charge is 0.390 e. The first kappa shape index (κ1) is 15.5. The number of nitrogens with zero attached hydrogens (tertiary/aromatic N) is 1. The highest BCUT2D eigenvalue weighted by atomic mass is 16.3. The van der Waals surface area contributed by atoms with E-state index >= 15 is 0 Å². The van der Waals surface area contributed by atoms with E-state index in [1.807, 2.05) is 19.0 Å². The second kappa shape index (κ2) is 7.77. The Hall–Kier alpha value is -0.900. The summed E-state index contributed by atoms with van der Waals surface area (Å²) in [5.41, 5.74) is 1.43. The van der Waals surface area contributed by atoms with Gasteiger partial charge in [0, 0.05) is 19.1 Å². The van der Waals surface area contributed by atoms with E-state index in [-0.39, 0.29) is 6.10 Å². The van der Waals surface area contributed by atoms with Gasteiger partial charge in [-0.05, 0) is 44.8 Å². The highest BCUT2D eigenvalue weighted by Gasteiger charge is 2.27. The maximum Gasteiger partial charge on any atom is 0.0791 e. The Morgan fingerprint density at radius 1 is 1.25 bits per heavy atom. The van der Waals surface area contributed by atoms with Crippen LogP contribution in [0.4, 0.5) is 0 Å². The molecule has 0 spiro atoms. The molecule has 3 atom stereocenters. The lowest BCUT2D eigenvalue weighted by molar-refractivity contribution is 0.129. The van der Waals surface area contributed by atoms with Crippen molar-refractivity contribution in [1.82, 2.24) is 10.2 Å². The van der Waals surface area contributed by atoms with Gasteiger partial charge in [0.2, 0.25) is 0 Å². The van der Waals surface area contributed by atoms with Crippen molar-refractivity contribution in [3.63, 3.8) is 0 Å². The summed E-state index contributed by atoms with van der Waals surface area (Å²) in [6.07, 6.45) is 4.73. The fourth-order valence-corrected chi connectivity index (χ4v) is 3.24. The van der Waals surface area contributed by atoms with E-state index in [1.54, 1.807) is 0 Å². The molecule has 3 heteroatoms. The van der Waals surface area contributed by atoms with Crippen molar-refractivity contribution in [3.8, 4) is 0 Å². The molecule has 112 valence electrons. The monoisotopic (exact) mass is 276 g/mol. The molecule has 1 fully saturated rings. The first-order valence-corrected chi connectivity index (χ1v) is 7.75. The molecule has 0 radical (unpaired) electrons. The van der Waals surface area contributed by atoms with Crippen molar-refractivity contribution >= 4 is 0 Å². The third kappa shape index (κ3) is 4.89. The van der Waals surface area contributed by atoms with Crippen molar-refractivity contribution in [2.24, 2.45) is 5.92 Å². The van der Waals surface area contributed by atoms with Crippen molar-refractivity contribution in [2.45, 2.75) is 37.8 Å². The highest BCUT2D eigenvalue weighted by Crippen LogP contribution is 2.28. The molecule has 0 heterocycles. The molecule has 1 aromatic rings. The quantitative estimate of drug-likeness (QED) is 0.798. The number of likely N-dealkylation sites (N-methyl/N-ethyl adjacent to an activating group) is 1. The van der Waals surface area contributed by atoms with Crippen LogP contribution in [0.15, 0.2) is 30.3 Å². The number of hydrogen-bond acceptors (Lipinski definition) is 3. The van der Waals surface area contributed by atoms with Crippen LogP contribution in [-0.4, -0.2) is 49.3 Å². The fraction of sp³-hybridized carbons (Fsp3) is 0.647. The van der Waals surface area contributed by atoms with Crippen LogP contribution in [0.1, 0.15) is 24.8 Å². The van der Waals surface area contributed by atoms with E-state index in [2.05, 4.69) is 35.6 Å². The minimum atomic E-state index is -0.275.